The Morgan fingerprint density at radius 2 is 2.12 bits per heavy atom. The van der Waals surface area contributed by atoms with Crippen LogP contribution in [0.5, 0.6) is 0 Å². The van der Waals surface area contributed by atoms with Crippen LogP contribution in [0.1, 0.15) is 23.2 Å². The van der Waals surface area contributed by atoms with Crippen LogP contribution in [-0.4, -0.2) is 15.1 Å². The minimum absolute atomic E-state index is 0.476. The first-order valence-corrected chi connectivity index (χ1v) is 6.16. The van der Waals surface area contributed by atoms with E-state index in [2.05, 4.69) is 25.9 Å². The van der Waals surface area contributed by atoms with Crippen molar-refractivity contribution in [3.8, 4) is 0 Å². The van der Waals surface area contributed by atoms with Crippen LogP contribution in [0.15, 0.2) is 41.0 Å². The maximum absolute atomic E-state index is 10.1. The molecule has 0 aliphatic heterocycles. The first-order valence-electron chi connectivity index (χ1n) is 5.37. The topological polar surface area (TPSA) is 46.0 Å². The molecule has 0 bridgehead atoms. The third kappa shape index (κ3) is 3.35. The van der Waals surface area contributed by atoms with Crippen molar-refractivity contribution in [1.82, 2.24) is 9.97 Å². The molecule has 0 amide bonds. The van der Waals surface area contributed by atoms with Crippen LogP contribution >= 0.6 is 15.9 Å². The predicted molar refractivity (Wildman–Crippen MR) is 69.6 cm³/mol. The van der Waals surface area contributed by atoms with Gasteiger partial charge in [0.1, 0.15) is 6.10 Å². The molecule has 0 saturated heterocycles. The summed E-state index contributed by atoms with van der Waals surface area (Å²) in [4.78, 5) is 8.53. The van der Waals surface area contributed by atoms with Crippen molar-refractivity contribution >= 4 is 15.9 Å². The maximum atomic E-state index is 10.1. The summed E-state index contributed by atoms with van der Waals surface area (Å²) < 4.78 is 0.935. The number of rotatable bonds is 3. The molecular weight excluding hydrogens is 280 g/mol. The van der Waals surface area contributed by atoms with Gasteiger partial charge in [-0.25, -0.2) is 0 Å². The van der Waals surface area contributed by atoms with Crippen LogP contribution in [0, 0.1) is 6.92 Å². The number of aliphatic hydroxyl groups is 1. The Bertz CT molecular complexity index is 499. The molecule has 1 atom stereocenters. The van der Waals surface area contributed by atoms with E-state index in [1.54, 1.807) is 6.20 Å². The zero-order valence-corrected chi connectivity index (χ0v) is 11.1. The van der Waals surface area contributed by atoms with Gasteiger partial charge in [-0.1, -0.05) is 6.07 Å². The van der Waals surface area contributed by atoms with Gasteiger partial charge in [0.25, 0.3) is 0 Å². The molecule has 3 nitrogen and oxygen atoms in total. The lowest BCUT2D eigenvalue weighted by Gasteiger charge is -2.10. The van der Waals surface area contributed by atoms with Crippen molar-refractivity contribution in [2.45, 2.75) is 19.4 Å². The van der Waals surface area contributed by atoms with Crippen LogP contribution < -0.4 is 0 Å². The number of aliphatic hydroxyl groups excluding tert-OH is 1. The molecule has 0 radical (unpaired) electrons. The third-order valence-electron chi connectivity index (χ3n) is 2.44. The van der Waals surface area contributed by atoms with Gasteiger partial charge >= 0.3 is 0 Å². The van der Waals surface area contributed by atoms with Gasteiger partial charge < -0.3 is 5.11 Å². The lowest BCUT2D eigenvalue weighted by atomic mass is 10.1. The molecule has 1 unspecified atom stereocenters. The molecule has 17 heavy (non-hydrogen) atoms. The molecule has 2 heterocycles. The highest BCUT2D eigenvalue weighted by molar-refractivity contribution is 9.10. The number of hydrogen-bond acceptors (Lipinski definition) is 3. The minimum Gasteiger partial charge on any atom is -0.386 e. The van der Waals surface area contributed by atoms with Crippen LogP contribution in [0.3, 0.4) is 0 Å². The van der Waals surface area contributed by atoms with Crippen molar-refractivity contribution < 1.29 is 5.11 Å². The highest BCUT2D eigenvalue weighted by atomic mass is 79.9. The van der Waals surface area contributed by atoms with E-state index in [9.17, 15) is 5.11 Å². The molecule has 2 aromatic heterocycles. The Balaban J connectivity index is 2.11. The number of halogens is 1. The van der Waals surface area contributed by atoms with E-state index in [0.717, 1.165) is 15.9 Å². The molecule has 0 fully saturated rings. The molecule has 4 heteroatoms. The summed E-state index contributed by atoms with van der Waals surface area (Å²) >= 11 is 3.33. The second kappa shape index (κ2) is 5.38. The van der Waals surface area contributed by atoms with Crippen LogP contribution in [0.4, 0.5) is 0 Å². The van der Waals surface area contributed by atoms with Gasteiger partial charge in [0.15, 0.2) is 0 Å². The Morgan fingerprint density at radius 1 is 1.29 bits per heavy atom. The average Bonchev–Trinajstić information content (AvgIpc) is 2.32. The van der Waals surface area contributed by atoms with E-state index in [1.165, 1.54) is 0 Å². The number of hydrogen-bond donors (Lipinski definition) is 1. The van der Waals surface area contributed by atoms with Crippen LogP contribution in [0.25, 0.3) is 0 Å². The van der Waals surface area contributed by atoms with Gasteiger partial charge in [-0.05, 0) is 47.1 Å². The number of nitrogens with zero attached hydrogens (tertiary/aromatic N) is 2. The Kier molecular flexibility index (Phi) is 3.86. The largest absolute Gasteiger partial charge is 0.386 e. The van der Waals surface area contributed by atoms with E-state index in [4.69, 9.17) is 0 Å². The van der Waals surface area contributed by atoms with Crippen LogP contribution in [0.2, 0.25) is 0 Å². The molecule has 0 aliphatic rings. The van der Waals surface area contributed by atoms with Gasteiger partial charge in [-0.15, -0.1) is 0 Å². The fraction of sp³-hybridized carbons (Fsp3) is 0.231. The summed E-state index contributed by atoms with van der Waals surface area (Å²) in [7, 11) is 0. The Labute approximate surface area is 109 Å². The minimum atomic E-state index is -0.608. The van der Waals surface area contributed by atoms with Gasteiger partial charge in [0.05, 0.1) is 5.69 Å². The average molecular weight is 293 g/mol. The lowest BCUT2D eigenvalue weighted by molar-refractivity contribution is 0.172. The molecule has 2 rings (SSSR count). The first kappa shape index (κ1) is 12.2. The zero-order valence-electron chi connectivity index (χ0n) is 9.47. The number of aryl methyl sites for hydroxylation is 1. The maximum Gasteiger partial charge on any atom is 0.101 e. The Morgan fingerprint density at radius 3 is 2.76 bits per heavy atom. The second-order valence-electron chi connectivity index (χ2n) is 3.89. The van der Waals surface area contributed by atoms with Crippen LogP contribution in [-0.2, 0) is 6.42 Å². The molecule has 2 aromatic rings. The molecule has 88 valence electrons. The van der Waals surface area contributed by atoms with Crippen molar-refractivity contribution in [3.05, 3.63) is 58.1 Å². The highest BCUT2D eigenvalue weighted by Crippen LogP contribution is 2.16. The SMILES string of the molecule is Cc1cccc(C(O)Cc2ccc(Br)cn2)n1. The fourth-order valence-corrected chi connectivity index (χ4v) is 1.81. The van der Waals surface area contributed by atoms with E-state index >= 15 is 0 Å². The summed E-state index contributed by atoms with van der Waals surface area (Å²) in [5, 5.41) is 10.1. The third-order valence-corrected chi connectivity index (χ3v) is 2.91. The summed E-state index contributed by atoms with van der Waals surface area (Å²) in [6.07, 6.45) is 1.60. The van der Waals surface area contributed by atoms with E-state index in [-0.39, 0.29) is 0 Å². The van der Waals surface area contributed by atoms with Crippen molar-refractivity contribution in [1.29, 1.82) is 0 Å². The van der Waals surface area contributed by atoms with Crippen molar-refractivity contribution in [2.24, 2.45) is 0 Å². The predicted octanol–water partition coefficient (Wildman–Crippen LogP) is 2.82. The molecule has 0 aliphatic carbocycles. The molecule has 0 aromatic carbocycles. The summed E-state index contributed by atoms with van der Waals surface area (Å²) in [5.74, 6) is 0. The molecule has 0 saturated carbocycles. The molecule has 1 N–H and O–H groups in total. The number of pyridine rings is 2. The number of aromatic nitrogens is 2. The van der Waals surface area contributed by atoms with Gasteiger partial charge in [0.2, 0.25) is 0 Å². The standard InChI is InChI=1S/C13H13BrN2O/c1-9-3-2-4-12(16-9)13(17)7-11-6-5-10(14)8-15-11/h2-6,8,13,17H,7H2,1H3. The molecular formula is C13H13BrN2O. The lowest BCUT2D eigenvalue weighted by Crippen LogP contribution is -2.05. The van der Waals surface area contributed by atoms with Crippen molar-refractivity contribution in [2.75, 3.05) is 0 Å². The smallest absolute Gasteiger partial charge is 0.101 e. The van der Waals surface area contributed by atoms with E-state index in [0.29, 0.717) is 12.1 Å². The summed E-state index contributed by atoms with van der Waals surface area (Å²) in [6, 6.07) is 9.45. The van der Waals surface area contributed by atoms with Gasteiger partial charge in [0, 0.05) is 28.5 Å². The zero-order chi connectivity index (χ0) is 12.3. The first-order chi connectivity index (χ1) is 8.15. The highest BCUT2D eigenvalue weighted by Gasteiger charge is 2.10. The molecule has 0 spiro atoms. The van der Waals surface area contributed by atoms with E-state index < -0.39 is 6.10 Å². The fourth-order valence-electron chi connectivity index (χ4n) is 1.58. The quantitative estimate of drug-likeness (QED) is 0.946. The van der Waals surface area contributed by atoms with Gasteiger partial charge in [-0.2, -0.15) is 0 Å². The van der Waals surface area contributed by atoms with Crippen molar-refractivity contribution in [3.63, 3.8) is 0 Å². The Hall–Kier alpha value is -1.26. The van der Waals surface area contributed by atoms with E-state index in [1.807, 2.05) is 37.3 Å². The summed E-state index contributed by atoms with van der Waals surface area (Å²) in [5.41, 5.74) is 2.45. The normalized spacial score (nSPS) is 12.4. The second-order valence-corrected chi connectivity index (χ2v) is 4.81. The monoisotopic (exact) mass is 292 g/mol. The van der Waals surface area contributed by atoms with Gasteiger partial charge in [-0.3, -0.25) is 9.97 Å². The summed E-state index contributed by atoms with van der Waals surface area (Å²) in [6.45, 7) is 1.91.